The van der Waals surface area contributed by atoms with E-state index < -0.39 is 0 Å². The van der Waals surface area contributed by atoms with Crippen molar-refractivity contribution in [2.24, 2.45) is 0 Å². The molecule has 20 heavy (non-hydrogen) atoms. The van der Waals surface area contributed by atoms with Gasteiger partial charge in [-0.1, -0.05) is 35.9 Å². The van der Waals surface area contributed by atoms with E-state index in [1.165, 1.54) is 12.1 Å². The molecule has 0 aliphatic carbocycles. The smallest absolute Gasteiger partial charge is 0.407 e. The fourth-order valence-corrected chi connectivity index (χ4v) is 1.68. The minimum Gasteiger partial charge on any atom is -0.447 e. The van der Waals surface area contributed by atoms with Crippen LogP contribution in [0.1, 0.15) is 11.6 Å². The molecule has 3 rings (SSSR count). The van der Waals surface area contributed by atoms with Crippen LogP contribution in [0.25, 0.3) is 0 Å². The highest BCUT2D eigenvalue weighted by Gasteiger charge is 2.23. The molecule has 1 N–H and O–H groups in total. The number of ether oxygens (including phenoxy) is 1. The molecule has 4 nitrogen and oxygen atoms in total. The predicted octanol–water partition coefficient (Wildman–Crippen LogP) is 3.34. The van der Waals surface area contributed by atoms with Crippen LogP contribution in [0, 0.1) is 5.82 Å². The van der Waals surface area contributed by atoms with E-state index in [4.69, 9.17) is 16.3 Å². The molecular formula is C14H12ClFN2O2. The Morgan fingerprint density at radius 2 is 2.00 bits per heavy atom. The molecule has 1 aliphatic rings. The van der Waals surface area contributed by atoms with Gasteiger partial charge in [0.15, 0.2) is 0 Å². The van der Waals surface area contributed by atoms with Gasteiger partial charge >= 0.3 is 6.09 Å². The van der Waals surface area contributed by atoms with E-state index in [0.717, 1.165) is 5.56 Å². The third kappa shape index (κ3) is 4.20. The number of benzene rings is 1. The zero-order valence-corrected chi connectivity index (χ0v) is 11.2. The van der Waals surface area contributed by atoms with Crippen LogP contribution in [-0.4, -0.2) is 17.7 Å². The van der Waals surface area contributed by atoms with E-state index in [9.17, 15) is 9.18 Å². The van der Waals surface area contributed by atoms with Crippen molar-refractivity contribution in [3.63, 3.8) is 0 Å². The van der Waals surface area contributed by atoms with E-state index in [0.29, 0.717) is 11.8 Å². The Morgan fingerprint density at radius 3 is 2.45 bits per heavy atom. The van der Waals surface area contributed by atoms with Gasteiger partial charge in [0.05, 0.1) is 6.04 Å². The molecule has 0 bridgehead atoms. The summed E-state index contributed by atoms with van der Waals surface area (Å²) < 4.78 is 16.6. The van der Waals surface area contributed by atoms with E-state index >= 15 is 0 Å². The Labute approximate surface area is 120 Å². The van der Waals surface area contributed by atoms with Crippen LogP contribution in [0.15, 0.2) is 48.7 Å². The number of carbonyl (C=O) groups is 1. The Bertz CT molecular complexity index is 563. The zero-order valence-electron chi connectivity index (χ0n) is 10.4. The molecule has 6 heteroatoms. The van der Waals surface area contributed by atoms with Gasteiger partial charge in [-0.25, -0.2) is 14.2 Å². The van der Waals surface area contributed by atoms with Gasteiger partial charge in [0, 0.05) is 6.20 Å². The molecule has 2 heterocycles. The first-order valence-corrected chi connectivity index (χ1v) is 6.28. The quantitative estimate of drug-likeness (QED) is 0.821. The summed E-state index contributed by atoms with van der Waals surface area (Å²) in [7, 11) is 0. The summed E-state index contributed by atoms with van der Waals surface area (Å²) in [5.41, 5.74) is 0.898. The number of halogens is 2. The van der Waals surface area contributed by atoms with Crippen LogP contribution in [0.3, 0.4) is 0 Å². The van der Waals surface area contributed by atoms with E-state index in [-0.39, 0.29) is 18.0 Å². The van der Waals surface area contributed by atoms with Crippen molar-refractivity contribution in [1.82, 2.24) is 10.3 Å². The largest absolute Gasteiger partial charge is 0.447 e. The minimum atomic E-state index is -0.389. The van der Waals surface area contributed by atoms with Crippen molar-refractivity contribution in [3.8, 4) is 0 Å². The topological polar surface area (TPSA) is 51.2 Å². The molecule has 1 saturated heterocycles. The first kappa shape index (κ1) is 14.3. The Morgan fingerprint density at radius 1 is 1.25 bits per heavy atom. The highest BCUT2D eigenvalue weighted by atomic mass is 35.5. The average Bonchev–Trinajstić information content (AvgIpc) is 2.88. The second-order valence-electron chi connectivity index (χ2n) is 4.01. The van der Waals surface area contributed by atoms with Crippen LogP contribution in [0.2, 0.25) is 5.15 Å². The van der Waals surface area contributed by atoms with Crippen molar-refractivity contribution in [2.45, 2.75) is 6.04 Å². The summed E-state index contributed by atoms with van der Waals surface area (Å²) in [6.07, 6.45) is 1.24. The van der Waals surface area contributed by atoms with Crippen LogP contribution < -0.4 is 5.32 Å². The molecule has 1 aromatic carbocycles. The monoisotopic (exact) mass is 294 g/mol. The summed E-state index contributed by atoms with van der Waals surface area (Å²) >= 11 is 5.62. The van der Waals surface area contributed by atoms with E-state index in [2.05, 4.69) is 10.3 Å². The van der Waals surface area contributed by atoms with Gasteiger partial charge < -0.3 is 10.1 Å². The molecule has 1 amide bonds. The summed E-state index contributed by atoms with van der Waals surface area (Å²) in [6.45, 7) is 0.349. The molecule has 2 aromatic rings. The van der Waals surface area contributed by atoms with Crippen LogP contribution >= 0.6 is 11.6 Å². The molecular weight excluding hydrogens is 283 g/mol. The number of aromatic nitrogens is 1. The summed E-state index contributed by atoms with van der Waals surface area (Å²) in [5, 5.41) is 3.08. The lowest BCUT2D eigenvalue weighted by atomic mass is 10.1. The second-order valence-corrected chi connectivity index (χ2v) is 4.39. The maximum atomic E-state index is 11.9. The molecule has 104 valence electrons. The average molecular weight is 295 g/mol. The number of nitrogens with zero attached hydrogens (tertiary/aromatic N) is 1. The predicted molar refractivity (Wildman–Crippen MR) is 72.9 cm³/mol. The van der Waals surface area contributed by atoms with Gasteiger partial charge in [-0.15, -0.1) is 0 Å². The second kappa shape index (κ2) is 6.86. The van der Waals surface area contributed by atoms with Gasteiger partial charge in [-0.2, -0.15) is 0 Å². The minimum absolute atomic E-state index is 0.0998. The maximum absolute atomic E-state index is 11.9. The number of hydrogen-bond donors (Lipinski definition) is 1. The fourth-order valence-electron chi connectivity index (χ4n) is 1.57. The van der Waals surface area contributed by atoms with Crippen LogP contribution in [0.4, 0.5) is 9.18 Å². The number of hydrogen-bond acceptors (Lipinski definition) is 3. The molecule has 0 saturated carbocycles. The summed E-state index contributed by atoms with van der Waals surface area (Å²) in [5.74, 6) is -0.178. The molecule has 1 aliphatic heterocycles. The van der Waals surface area contributed by atoms with Crippen molar-refractivity contribution < 1.29 is 13.9 Å². The van der Waals surface area contributed by atoms with E-state index in [1.807, 2.05) is 6.07 Å². The van der Waals surface area contributed by atoms with Crippen molar-refractivity contribution in [3.05, 3.63) is 65.2 Å². The Balaban J connectivity index is 0.000000178. The van der Waals surface area contributed by atoms with Gasteiger partial charge in [0.25, 0.3) is 0 Å². The van der Waals surface area contributed by atoms with Crippen molar-refractivity contribution in [2.75, 3.05) is 6.61 Å². The first-order valence-electron chi connectivity index (χ1n) is 5.90. The number of rotatable bonds is 1. The summed E-state index contributed by atoms with van der Waals surface area (Å²) in [4.78, 5) is 14.6. The van der Waals surface area contributed by atoms with Gasteiger partial charge in [-0.3, -0.25) is 0 Å². The van der Waals surface area contributed by atoms with Crippen LogP contribution in [-0.2, 0) is 4.74 Å². The number of cyclic esters (lactones) is 1. The summed E-state index contributed by atoms with van der Waals surface area (Å²) in [6, 6.07) is 11.3. The van der Waals surface area contributed by atoms with Crippen molar-refractivity contribution >= 4 is 17.7 Å². The lowest BCUT2D eigenvalue weighted by Gasteiger charge is -2.05. The number of nitrogens with one attached hydrogen (secondary N) is 1. The normalized spacial score (nSPS) is 16.7. The maximum Gasteiger partial charge on any atom is 0.407 e. The van der Waals surface area contributed by atoms with Crippen LogP contribution in [0.5, 0.6) is 0 Å². The standard InChI is InChI=1S/C8H7ClN2O2.C6H5F/c9-7-2-1-5(3-10-7)6-4-13-8(12)11-6;7-6-4-2-1-3-5-6/h1-3,6H,4H2,(H,11,12);1-5H. The Hall–Kier alpha value is -2.14. The zero-order chi connectivity index (χ0) is 14.4. The molecule has 1 fully saturated rings. The first-order chi connectivity index (χ1) is 9.65. The third-order valence-electron chi connectivity index (χ3n) is 2.56. The number of carbonyl (C=O) groups excluding carboxylic acids is 1. The highest BCUT2D eigenvalue weighted by molar-refractivity contribution is 6.29. The lowest BCUT2D eigenvalue weighted by Crippen LogP contribution is -2.18. The van der Waals surface area contributed by atoms with Crippen molar-refractivity contribution in [1.29, 1.82) is 0 Å². The highest BCUT2D eigenvalue weighted by Crippen LogP contribution is 2.18. The third-order valence-corrected chi connectivity index (χ3v) is 2.78. The lowest BCUT2D eigenvalue weighted by molar-refractivity contribution is 0.177. The molecule has 1 aromatic heterocycles. The van der Waals surface area contributed by atoms with E-state index in [1.54, 1.807) is 30.5 Å². The molecule has 1 atom stereocenters. The molecule has 1 unspecified atom stereocenters. The number of amides is 1. The van der Waals surface area contributed by atoms with Gasteiger partial charge in [-0.05, 0) is 23.8 Å². The van der Waals surface area contributed by atoms with Gasteiger partial charge in [0.1, 0.15) is 17.6 Å². The Kier molecular flexibility index (Phi) is 4.90. The molecule has 0 radical (unpaired) electrons. The fraction of sp³-hybridized carbons (Fsp3) is 0.143. The number of alkyl carbamates (subject to hydrolysis) is 1. The number of pyridine rings is 1. The van der Waals surface area contributed by atoms with Gasteiger partial charge in [0.2, 0.25) is 0 Å². The molecule has 0 spiro atoms. The SMILES string of the molecule is Fc1ccccc1.O=C1NC(c2ccc(Cl)nc2)CO1.